The lowest BCUT2D eigenvalue weighted by Crippen LogP contribution is -2.33. The number of hydrogen-bond acceptors (Lipinski definition) is 3. The number of aryl methyl sites for hydroxylation is 4. The van der Waals surface area contributed by atoms with Gasteiger partial charge in [0.05, 0.1) is 18.0 Å². The average molecular weight is 417 g/mol. The molecule has 0 aromatic heterocycles. The normalized spacial score (nSPS) is 12.5. The lowest BCUT2D eigenvalue weighted by atomic mass is 9.96. The van der Waals surface area contributed by atoms with Crippen LogP contribution in [0.2, 0.25) is 0 Å². The van der Waals surface area contributed by atoms with E-state index in [0.29, 0.717) is 12.1 Å². The van der Waals surface area contributed by atoms with Crippen molar-refractivity contribution in [3.63, 3.8) is 0 Å². The van der Waals surface area contributed by atoms with Crippen LogP contribution in [0.3, 0.4) is 0 Å². The summed E-state index contributed by atoms with van der Waals surface area (Å²) in [5, 5.41) is 3.04. The van der Waals surface area contributed by atoms with Crippen LogP contribution in [0, 0.1) is 27.7 Å². The van der Waals surface area contributed by atoms with Crippen LogP contribution in [0.5, 0.6) is 0 Å². The molecule has 2 aromatic rings. The van der Waals surface area contributed by atoms with E-state index < -0.39 is 10.0 Å². The van der Waals surface area contributed by atoms with Gasteiger partial charge in [0.1, 0.15) is 0 Å². The molecule has 0 unspecified atom stereocenters. The smallest absolute Gasteiger partial charge is 0.232 e. The Labute approximate surface area is 175 Å². The van der Waals surface area contributed by atoms with Gasteiger partial charge in [-0.3, -0.25) is 9.10 Å². The van der Waals surface area contributed by atoms with Gasteiger partial charge in [0.25, 0.3) is 0 Å². The molecule has 158 valence electrons. The molecular formula is C23H32N2O3S. The molecule has 0 spiro atoms. The van der Waals surface area contributed by atoms with Gasteiger partial charge >= 0.3 is 0 Å². The number of nitrogens with zero attached hydrogens (tertiary/aromatic N) is 1. The molecule has 2 rings (SSSR count). The molecule has 0 heterocycles. The first kappa shape index (κ1) is 22.9. The number of sulfonamides is 1. The van der Waals surface area contributed by atoms with Crippen LogP contribution < -0.4 is 9.62 Å². The van der Waals surface area contributed by atoms with Crippen LogP contribution in [0.4, 0.5) is 5.69 Å². The third-order valence-electron chi connectivity index (χ3n) is 5.28. The molecule has 0 aliphatic rings. The molecule has 0 fully saturated rings. The van der Waals surface area contributed by atoms with Gasteiger partial charge in [-0.1, -0.05) is 30.3 Å². The minimum absolute atomic E-state index is 0.0756. The molecule has 0 saturated carbocycles. The van der Waals surface area contributed by atoms with Crippen molar-refractivity contribution in [1.82, 2.24) is 5.32 Å². The first-order chi connectivity index (χ1) is 13.5. The van der Waals surface area contributed by atoms with E-state index in [2.05, 4.69) is 38.2 Å². The minimum atomic E-state index is -3.42. The third kappa shape index (κ3) is 6.07. The summed E-state index contributed by atoms with van der Waals surface area (Å²) < 4.78 is 25.9. The highest BCUT2D eigenvalue weighted by atomic mass is 32.2. The minimum Gasteiger partial charge on any atom is -0.350 e. The van der Waals surface area contributed by atoms with Gasteiger partial charge in [-0.05, 0) is 74.9 Å². The summed E-state index contributed by atoms with van der Waals surface area (Å²) in [6, 6.07) is 11.5. The molecule has 0 aliphatic carbocycles. The first-order valence-electron chi connectivity index (χ1n) is 9.91. The standard InChI is InChI=1S/C23H32N2O3S/c1-16-10-7-8-11-22(16)25(29(6,27)28)13-9-12-23(26)24-20(5)21-15-18(3)17(2)14-19(21)4/h7-8,10-11,14-15,20H,9,12-13H2,1-6H3,(H,24,26)/t20-/m1/s1. The Hall–Kier alpha value is -2.34. The number of carbonyl (C=O) groups is 1. The molecule has 0 aliphatic heterocycles. The third-order valence-corrected chi connectivity index (χ3v) is 6.46. The maximum Gasteiger partial charge on any atom is 0.232 e. The van der Waals surface area contributed by atoms with E-state index in [9.17, 15) is 13.2 Å². The van der Waals surface area contributed by atoms with Gasteiger partial charge in [0.2, 0.25) is 15.9 Å². The van der Waals surface area contributed by atoms with Gasteiger partial charge in [-0.15, -0.1) is 0 Å². The van der Waals surface area contributed by atoms with E-state index in [1.165, 1.54) is 21.7 Å². The zero-order chi connectivity index (χ0) is 21.8. The second-order valence-corrected chi connectivity index (χ2v) is 9.71. The van der Waals surface area contributed by atoms with E-state index in [4.69, 9.17) is 0 Å². The number of nitrogens with one attached hydrogen (secondary N) is 1. The second kappa shape index (κ2) is 9.44. The maximum absolute atomic E-state index is 12.4. The lowest BCUT2D eigenvalue weighted by molar-refractivity contribution is -0.121. The van der Waals surface area contributed by atoms with Crippen molar-refractivity contribution < 1.29 is 13.2 Å². The van der Waals surface area contributed by atoms with E-state index in [0.717, 1.165) is 16.7 Å². The summed E-state index contributed by atoms with van der Waals surface area (Å²) in [7, 11) is -3.42. The molecule has 5 nitrogen and oxygen atoms in total. The van der Waals surface area contributed by atoms with E-state index in [1.807, 2.05) is 32.0 Å². The highest BCUT2D eigenvalue weighted by Crippen LogP contribution is 2.23. The van der Waals surface area contributed by atoms with Crippen molar-refractivity contribution in [3.8, 4) is 0 Å². The fourth-order valence-corrected chi connectivity index (χ4v) is 4.56. The van der Waals surface area contributed by atoms with Gasteiger partial charge in [-0.2, -0.15) is 0 Å². The van der Waals surface area contributed by atoms with Crippen molar-refractivity contribution in [3.05, 3.63) is 64.2 Å². The van der Waals surface area contributed by atoms with Crippen molar-refractivity contribution in [2.24, 2.45) is 0 Å². The summed E-state index contributed by atoms with van der Waals surface area (Å²) in [6.07, 6.45) is 1.92. The molecule has 6 heteroatoms. The fraction of sp³-hybridized carbons (Fsp3) is 0.435. The van der Waals surface area contributed by atoms with Crippen LogP contribution in [-0.4, -0.2) is 27.1 Å². The van der Waals surface area contributed by atoms with E-state index >= 15 is 0 Å². The predicted molar refractivity (Wildman–Crippen MR) is 120 cm³/mol. The van der Waals surface area contributed by atoms with Crippen LogP contribution >= 0.6 is 0 Å². The number of amides is 1. The summed E-state index contributed by atoms with van der Waals surface area (Å²) in [5.41, 5.74) is 6.26. The Morgan fingerprint density at radius 1 is 1.00 bits per heavy atom. The average Bonchev–Trinajstić information content (AvgIpc) is 2.61. The predicted octanol–water partition coefficient (Wildman–Crippen LogP) is 4.34. The topological polar surface area (TPSA) is 66.5 Å². The summed E-state index contributed by atoms with van der Waals surface area (Å²) >= 11 is 0. The molecule has 0 radical (unpaired) electrons. The van der Waals surface area contributed by atoms with Gasteiger partial charge < -0.3 is 5.32 Å². The number of benzene rings is 2. The monoisotopic (exact) mass is 416 g/mol. The van der Waals surface area contributed by atoms with Crippen molar-refractivity contribution in [2.75, 3.05) is 17.1 Å². The summed E-state index contributed by atoms with van der Waals surface area (Å²) in [6.45, 7) is 10.3. The van der Waals surface area contributed by atoms with Crippen LogP contribution in [0.15, 0.2) is 36.4 Å². The first-order valence-corrected chi connectivity index (χ1v) is 11.8. The Morgan fingerprint density at radius 3 is 2.24 bits per heavy atom. The number of para-hydroxylation sites is 1. The van der Waals surface area contributed by atoms with Crippen LogP contribution in [0.1, 0.15) is 53.6 Å². The summed E-state index contributed by atoms with van der Waals surface area (Å²) in [4.78, 5) is 12.4. The Balaban J connectivity index is 1.99. The van der Waals surface area contributed by atoms with Gasteiger partial charge in [-0.25, -0.2) is 8.42 Å². The molecule has 0 saturated heterocycles. The van der Waals surface area contributed by atoms with Crippen LogP contribution in [0.25, 0.3) is 0 Å². The quantitative estimate of drug-likeness (QED) is 0.696. The maximum atomic E-state index is 12.4. The highest BCUT2D eigenvalue weighted by Gasteiger charge is 2.19. The van der Waals surface area contributed by atoms with E-state index in [1.54, 1.807) is 6.07 Å². The number of anilines is 1. The fourth-order valence-electron chi connectivity index (χ4n) is 3.53. The largest absolute Gasteiger partial charge is 0.350 e. The molecule has 1 atom stereocenters. The second-order valence-electron chi connectivity index (χ2n) is 7.81. The number of hydrogen-bond donors (Lipinski definition) is 1. The molecule has 2 aromatic carbocycles. The summed E-state index contributed by atoms with van der Waals surface area (Å²) in [5.74, 6) is -0.0756. The molecule has 1 amide bonds. The Kier molecular flexibility index (Phi) is 7.47. The molecule has 0 bridgehead atoms. The zero-order valence-electron chi connectivity index (χ0n) is 18.2. The number of rotatable bonds is 8. The van der Waals surface area contributed by atoms with Crippen LogP contribution in [-0.2, 0) is 14.8 Å². The molecule has 29 heavy (non-hydrogen) atoms. The SMILES string of the molecule is Cc1cc(C)c([C@@H](C)NC(=O)CCCN(c2ccccc2C)S(C)(=O)=O)cc1C. The zero-order valence-corrected chi connectivity index (χ0v) is 19.1. The lowest BCUT2D eigenvalue weighted by Gasteiger charge is -2.24. The van der Waals surface area contributed by atoms with Crippen molar-refractivity contribution >= 4 is 21.6 Å². The molecular weight excluding hydrogens is 384 g/mol. The Morgan fingerprint density at radius 2 is 1.62 bits per heavy atom. The highest BCUT2D eigenvalue weighted by molar-refractivity contribution is 7.92. The van der Waals surface area contributed by atoms with Crippen molar-refractivity contribution in [2.45, 2.75) is 53.5 Å². The van der Waals surface area contributed by atoms with Gasteiger partial charge in [0.15, 0.2) is 0 Å². The van der Waals surface area contributed by atoms with E-state index in [-0.39, 0.29) is 24.9 Å². The van der Waals surface area contributed by atoms with Gasteiger partial charge in [0, 0.05) is 13.0 Å². The molecule has 1 N–H and O–H groups in total. The Bertz CT molecular complexity index is 984. The van der Waals surface area contributed by atoms with Crippen molar-refractivity contribution in [1.29, 1.82) is 0 Å². The number of carbonyl (C=O) groups excluding carboxylic acids is 1.